The van der Waals surface area contributed by atoms with Crippen molar-refractivity contribution in [2.45, 2.75) is 6.42 Å². The molecule has 1 amide bonds. The summed E-state index contributed by atoms with van der Waals surface area (Å²) >= 11 is 5.83. The Bertz CT molecular complexity index is 905. The summed E-state index contributed by atoms with van der Waals surface area (Å²) < 4.78 is 13.8. The van der Waals surface area contributed by atoms with E-state index in [1.165, 1.54) is 6.07 Å². The minimum atomic E-state index is -0.899. The quantitative estimate of drug-likeness (QED) is 0.423. The molecule has 0 aliphatic carbocycles. The summed E-state index contributed by atoms with van der Waals surface area (Å²) in [5, 5.41) is 25.1. The third-order valence-electron chi connectivity index (χ3n) is 3.68. The average Bonchev–Trinajstić information content (AvgIpc) is 3.03. The van der Waals surface area contributed by atoms with E-state index in [1.54, 1.807) is 5.48 Å². The fourth-order valence-electron chi connectivity index (χ4n) is 2.52. The number of hydrogen-bond acceptors (Lipinski definition) is 4. The molecule has 25 heavy (non-hydrogen) atoms. The number of hydrogen-bond donors (Lipinski definition) is 4. The predicted octanol–water partition coefficient (Wildman–Crippen LogP) is 3.29. The van der Waals surface area contributed by atoms with Crippen LogP contribution in [0.3, 0.4) is 0 Å². The van der Waals surface area contributed by atoms with Crippen LogP contribution < -0.4 is 5.48 Å². The molecule has 3 rings (SSSR count). The van der Waals surface area contributed by atoms with Crippen molar-refractivity contribution < 1.29 is 19.5 Å². The van der Waals surface area contributed by atoms with Crippen molar-refractivity contribution in [2.75, 3.05) is 0 Å². The molecule has 0 aliphatic rings. The molecule has 6 nitrogen and oxygen atoms in total. The molecule has 0 aliphatic heterocycles. The molecule has 8 heteroatoms. The summed E-state index contributed by atoms with van der Waals surface area (Å²) in [6, 6.07) is 11.6. The summed E-state index contributed by atoms with van der Waals surface area (Å²) in [4.78, 5) is 11.7. The van der Waals surface area contributed by atoms with Crippen LogP contribution in [0.4, 0.5) is 4.39 Å². The van der Waals surface area contributed by atoms with Crippen LogP contribution in [0.15, 0.2) is 42.5 Å². The van der Waals surface area contributed by atoms with E-state index >= 15 is 0 Å². The molecular formula is C17H13ClFN3O3. The molecule has 0 saturated heterocycles. The first-order valence-corrected chi connectivity index (χ1v) is 7.63. The van der Waals surface area contributed by atoms with E-state index in [4.69, 9.17) is 16.8 Å². The number of aromatic nitrogens is 2. The number of nitrogens with zero attached hydrogens (tertiary/aromatic N) is 1. The lowest BCUT2D eigenvalue weighted by atomic mass is 9.99. The van der Waals surface area contributed by atoms with Crippen LogP contribution in [-0.4, -0.2) is 26.4 Å². The van der Waals surface area contributed by atoms with Gasteiger partial charge in [-0.25, -0.2) is 9.87 Å². The number of nitrogens with one attached hydrogen (secondary N) is 2. The molecule has 3 aromatic rings. The Morgan fingerprint density at radius 3 is 2.60 bits per heavy atom. The maximum Gasteiger partial charge on any atom is 0.247 e. The first-order valence-electron chi connectivity index (χ1n) is 7.25. The molecule has 128 valence electrons. The number of halogens is 2. The number of carbonyl (C=O) groups excluding carboxylic acids is 1. The van der Waals surface area contributed by atoms with E-state index in [0.29, 0.717) is 22.5 Å². The van der Waals surface area contributed by atoms with Gasteiger partial charge in [-0.3, -0.25) is 15.1 Å². The molecule has 0 spiro atoms. The van der Waals surface area contributed by atoms with Crippen molar-refractivity contribution >= 4 is 17.5 Å². The van der Waals surface area contributed by atoms with Crippen LogP contribution in [0.1, 0.15) is 5.56 Å². The van der Waals surface area contributed by atoms with E-state index in [9.17, 15) is 14.3 Å². The average molecular weight is 362 g/mol. The first kappa shape index (κ1) is 16.9. The topological polar surface area (TPSA) is 98.2 Å². The Labute approximate surface area is 146 Å². The zero-order chi connectivity index (χ0) is 18.0. The highest BCUT2D eigenvalue weighted by atomic mass is 35.5. The Morgan fingerprint density at radius 2 is 1.96 bits per heavy atom. The number of rotatable bonds is 4. The van der Waals surface area contributed by atoms with Crippen LogP contribution in [-0.2, 0) is 11.2 Å². The van der Waals surface area contributed by atoms with Crippen molar-refractivity contribution in [1.29, 1.82) is 0 Å². The number of benzene rings is 2. The van der Waals surface area contributed by atoms with Gasteiger partial charge in [0.05, 0.1) is 22.8 Å². The summed E-state index contributed by atoms with van der Waals surface area (Å²) in [7, 11) is 0. The Morgan fingerprint density at radius 1 is 1.24 bits per heavy atom. The number of carbonyl (C=O) groups is 1. The second-order valence-electron chi connectivity index (χ2n) is 5.29. The largest absolute Gasteiger partial charge is 0.504 e. The number of aromatic hydroxyl groups is 1. The van der Waals surface area contributed by atoms with Gasteiger partial charge in [-0.2, -0.15) is 5.10 Å². The van der Waals surface area contributed by atoms with Crippen molar-refractivity contribution in [2.24, 2.45) is 0 Å². The van der Waals surface area contributed by atoms with Crippen LogP contribution >= 0.6 is 11.6 Å². The highest BCUT2D eigenvalue weighted by Gasteiger charge is 2.20. The minimum Gasteiger partial charge on any atom is -0.504 e. The second kappa shape index (κ2) is 6.92. The van der Waals surface area contributed by atoms with E-state index in [0.717, 1.165) is 11.6 Å². The number of amides is 1. The smallest absolute Gasteiger partial charge is 0.247 e. The van der Waals surface area contributed by atoms with Gasteiger partial charge >= 0.3 is 0 Å². The number of phenols is 1. The monoisotopic (exact) mass is 361 g/mol. The van der Waals surface area contributed by atoms with Crippen LogP contribution in [0, 0.1) is 5.82 Å². The van der Waals surface area contributed by atoms with Gasteiger partial charge in [-0.05, 0) is 17.7 Å². The highest BCUT2D eigenvalue weighted by molar-refractivity contribution is 6.32. The number of hydroxylamine groups is 1. The van der Waals surface area contributed by atoms with Crippen LogP contribution in [0.5, 0.6) is 5.75 Å². The van der Waals surface area contributed by atoms with Crippen molar-refractivity contribution in [3.8, 4) is 28.3 Å². The molecule has 0 fully saturated rings. The first-order chi connectivity index (χ1) is 12.0. The van der Waals surface area contributed by atoms with E-state index in [2.05, 4.69) is 10.2 Å². The molecule has 1 heterocycles. The highest BCUT2D eigenvalue weighted by Crippen LogP contribution is 2.35. The van der Waals surface area contributed by atoms with Crippen molar-refractivity contribution in [3.05, 3.63) is 58.9 Å². The third-order valence-corrected chi connectivity index (χ3v) is 3.97. The van der Waals surface area contributed by atoms with Crippen LogP contribution in [0.2, 0.25) is 5.02 Å². The molecular weight excluding hydrogens is 349 g/mol. The van der Waals surface area contributed by atoms with E-state index < -0.39 is 17.5 Å². The summed E-state index contributed by atoms with van der Waals surface area (Å²) in [6.07, 6.45) is -0.188. The molecule has 0 radical (unpaired) electrons. The number of aromatic amines is 1. The fourth-order valence-corrected chi connectivity index (χ4v) is 2.73. The molecule has 2 aromatic carbocycles. The predicted molar refractivity (Wildman–Crippen MR) is 89.7 cm³/mol. The minimum absolute atomic E-state index is 0.170. The van der Waals surface area contributed by atoms with Gasteiger partial charge < -0.3 is 5.11 Å². The van der Waals surface area contributed by atoms with Crippen LogP contribution in [0.25, 0.3) is 22.5 Å². The van der Waals surface area contributed by atoms with Crippen molar-refractivity contribution in [1.82, 2.24) is 15.7 Å². The number of H-pyrrole nitrogens is 1. The van der Waals surface area contributed by atoms with Gasteiger partial charge in [0, 0.05) is 11.1 Å². The Balaban J connectivity index is 2.17. The van der Waals surface area contributed by atoms with Crippen molar-refractivity contribution in [3.63, 3.8) is 0 Å². The Hall–Kier alpha value is -2.90. The van der Waals surface area contributed by atoms with Gasteiger partial charge in [0.2, 0.25) is 5.91 Å². The lowest BCUT2D eigenvalue weighted by molar-refractivity contribution is -0.128. The summed E-state index contributed by atoms with van der Waals surface area (Å²) in [5.41, 5.74) is 3.94. The van der Waals surface area contributed by atoms with Gasteiger partial charge in [0.1, 0.15) is 0 Å². The fraction of sp³-hybridized carbons (Fsp3) is 0.0588. The molecule has 0 atom stereocenters. The normalized spacial score (nSPS) is 10.7. The van der Waals surface area contributed by atoms with Gasteiger partial charge in [-0.15, -0.1) is 0 Å². The molecule has 0 bridgehead atoms. The van der Waals surface area contributed by atoms with Gasteiger partial charge in [-0.1, -0.05) is 41.9 Å². The molecule has 1 aromatic heterocycles. The second-order valence-corrected chi connectivity index (χ2v) is 5.70. The maximum absolute atomic E-state index is 13.8. The van der Waals surface area contributed by atoms with Gasteiger partial charge in [0.25, 0.3) is 0 Å². The molecule has 0 saturated carbocycles. The van der Waals surface area contributed by atoms with E-state index in [-0.39, 0.29) is 11.4 Å². The summed E-state index contributed by atoms with van der Waals surface area (Å²) in [5.74, 6) is -2.20. The lowest BCUT2D eigenvalue weighted by Crippen LogP contribution is -2.21. The lowest BCUT2D eigenvalue weighted by Gasteiger charge is -2.07. The molecule has 0 unspecified atom stereocenters. The van der Waals surface area contributed by atoms with Gasteiger partial charge in [0.15, 0.2) is 11.6 Å². The zero-order valence-corrected chi connectivity index (χ0v) is 13.5. The van der Waals surface area contributed by atoms with E-state index in [1.807, 2.05) is 30.3 Å². The standard InChI is InChI=1S/C17H13ClFN3O3/c18-12-6-10(7-13(19)17(12)24)16-11(8-14(23)22-25)15(20-21-16)9-4-2-1-3-5-9/h1-7,24-25H,8H2,(H,20,21)(H,22,23). The molecule has 4 N–H and O–H groups in total. The zero-order valence-electron chi connectivity index (χ0n) is 12.8. The number of phenolic OH excluding ortho intramolecular Hbond substituents is 1. The summed E-state index contributed by atoms with van der Waals surface area (Å²) in [6.45, 7) is 0. The Kier molecular flexibility index (Phi) is 4.69. The maximum atomic E-state index is 13.8. The third kappa shape index (κ3) is 3.33. The SMILES string of the molecule is O=C(Cc1c(-c2cc(F)c(O)c(Cl)c2)n[nH]c1-c1ccccc1)NO.